The summed E-state index contributed by atoms with van der Waals surface area (Å²) in [6, 6.07) is 5.55. The highest BCUT2D eigenvalue weighted by Gasteiger charge is 2.29. The molecule has 4 heteroatoms. The number of nitrogens with one attached hydrogen (secondary N) is 1. The van der Waals surface area contributed by atoms with Gasteiger partial charge in [-0.05, 0) is 39.3 Å². The van der Waals surface area contributed by atoms with Crippen LogP contribution >= 0.6 is 0 Å². The van der Waals surface area contributed by atoms with Gasteiger partial charge in [0.25, 0.3) is 0 Å². The molecule has 2 saturated heterocycles. The van der Waals surface area contributed by atoms with Crippen molar-refractivity contribution in [3.63, 3.8) is 0 Å². The van der Waals surface area contributed by atoms with Crippen molar-refractivity contribution in [2.24, 2.45) is 0 Å². The van der Waals surface area contributed by atoms with Crippen LogP contribution in [-0.4, -0.2) is 48.6 Å². The van der Waals surface area contributed by atoms with E-state index in [4.69, 9.17) is 4.98 Å². The lowest BCUT2D eigenvalue weighted by atomic mass is 9.94. The number of piperazine rings is 1. The number of anilines is 1. The van der Waals surface area contributed by atoms with Gasteiger partial charge in [-0.15, -0.1) is 0 Å². The van der Waals surface area contributed by atoms with Crippen LogP contribution in [0, 0.1) is 0 Å². The van der Waals surface area contributed by atoms with Gasteiger partial charge in [0.1, 0.15) is 5.82 Å². The summed E-state index contributed by atoms with van der Waals surface area (Å²) >= 11 is 0. The van der Waals surface area contributed by atoms with Gasteiger partial charge in [-0.25, -0.2) is 4.98 Å². The maximum absolute atomic E-state index is 4.74. The highest BCUT2D eigenvalue weighted by Crippen LogP contribution is 2.36. The van der Waals surface area contributed by atoms with Crippen molar-refractivity contribution in [2.45, 2.75) is 45.2 Å². The molecule has 0 bridgehead atoms. The summed E-state index contributed by atoms with van der Waals surface area (Å²) in [5.41, 5.74) is 1.44. The molecule has 0 aromatic carbocycles. The molecular weight excluding hydrogens is 260 g/mol. The molecule has 0 radical (unpaired) electrons. The van der Waals surface area contributed by atoms with Crippen LogP contribution < -0.4 is 10.2 Å². The van der Waals surface area contributed by atoms with Gasteiger partial charge in [-0.1, -0.05) is 12.5 Å². The number of likely N-dealkylation sites (tertiary alicyclic amines) is 1. The topological polar surface area (TPSA) is 31.4 Å². The Morgan fingerprint density at radius 3 is 2.76 bits per heavy atom. The summed E-state index contributed by atoms with van der Waals surface area (Å²) < 4.78 is 0. The van der Waals surface area contributed by atoms with Gasteiger partial charge >= 0.3 is 0 Å². The van der Waals surface area contributed by atoms with E-state index in [2.05, 4.69) is 41.1 Å². The molecule has 1 atom stereocenters. The first-order chi connectivity index (χ1) is 10.3. The lowest BCUT2D eigenvalue weighted by molar-refractivity contribution is 0.112. The second-order valence-electron chi connectivity index (χ2n) is 6.50. The molecule has 116 valence electrons. The number of nitrogens with zero attached hydrogens (tertiary/aromatic N) is 3. The van der Waals surface area contributed by atoms with Gasteiger partial charge in [-0.2, -0.15) is 0 Å². The van der Waals surface area contributed by atoms with Crippen molar-refractivity contribution in [2.75, 3.05) is 37.6 Å². The first-order valence-electron chi connectivity index (χ1n) is 8.43. The summed E-state index contributed by atoms with van der Waals surface area (Å²) in [5, 5.41) is 3.43. The van der Waals surface area contributed by atoms with E-state index in [1.165, 1.54) is 37.2 Å². The van der Waals surface area contributed by atoms with Gasteiger partial charge in [0.05, 0.1) is 0 Å². The lowest BCUT2D eigenvalue weighted by Crippen LogP contribution is -2.45. The van der Waals surface area contributed by atoms with E-state index in [9.17, 15) is 0 Å². The van der Waals surface area contributed by atoms with E-state index in [1.54, 1.807) is 0 Å². The standard InChI is InChI=1S/C17H28N4/c1-14(2)21-11-4-3-7-16(21)15-6-5-8-19-17(15)20-12-9-18-10-13-20/h5-6,8,14,16,18H,3-4,7,9-13H2,1-2H3/t16-/m1/s1. The minimum Gasteiger partial charge on any atom is -0.354 e. The van der Waals surface area contributed by atoms with Crippen LogP contribution in [0.5, 0.6) is 0 Å². The summed E-state index contributed by atoms with van der Waals surface area (Å²) in [6.45, 7) is 10.1. The normalized spacial score (nSPS) is 24.5. The van der Waals surface area contributed by atoms with E-state index in [0.717, 1.165) is 26.2 Å². The molecule has 2 fully saturated rings. The lowest BCUT2D eigenvalue weighted by Gasteiger charge is -2.41. The average Bonchev–Trinajstić information content (AvgIpc) is 2.55. The van der Waals surface area contributed by atoms with Crippen molar-refractivity contribution < 1.29 is 0 Å². The molecule has 1 aromatic heterocycles. The highest BCUT2D eigenvalue weighted by molar-refractivity contribution is 5.49. The third kappa shape index (κ3) is 3.22. The van der Waals surface area contributed by atoms with Crippen molar-refractivity contribution >= 4 is 5.82 Å². The van der Waals surface area contributed by atoms with Gasteiger partial charge in [-0.3, -0.25) is 4.90 Å². The first-order valence-corrected chi connectivity index (χ1v) is 8.43. The van der Waals surface area contributed by atoms with Crippen molar-refractivity contribution in [3.8, 4) is 0 Å². The molecule has 3 heterocycles. The second-order valence-corrected chi connectivity index (χ2v) is 6.50. The Kier molecular flexibility index (Phi) is 4.76. The fraction of sp³-hybridized carbons (Fsp3) is 0.706. The summed E-state index contributed by atoms with van der Waals surface area (Å²) in [7, 11) is 0. The third-order valence-corrected chi connectivity index (χ3v) is 4.80. The average molecular weight is 288 g/mol. The predicted molar refractivity (Wildman–Crippen MR) is 87.8 cm³/mol. The molecule has 2 aliphatic heterocycles. The molecule has 21 heavy (non-hydrogen) atoms. The predicted octanol–water partition coefficient (Wildman–Crippen LogP) is 2.43. The molecule has 0 amide bonds. The van der Waals surface area contributed by atoms with Crippen LogP contribution in [0.3, 0.4) is 0 Å². The van der Waals surface area contributed by atoms with Gasteiger partial charge in [0.15, 0.2) is 0 Å². The van der Waals surface area contributed by atoms with Crippen LogP contribution in [0.1, 0.15) is 44.7 Å². The molecule has 3 rings (SSSR count). The van der Waals surface area contributed by atoms with Gasteiger partial charge < -0.3 is 10.2 Å². The number of hydrogen-bond acceptors (Lipinski definition) is 4. The number of pyridine rings is 1. The number of hydrogen-bond donors (Lipinski definition) is 1. The molecule has 0 aliphatic carbocycles. The van der Waals surface area contributed by atoms with E-state index in [0.29, 0.717) is 12.1 Å². The molecule has 1 aromatic rings. The summed E-state index contributed by atoms with van der Waals surface area (Å²) in [6.07, 6.45) is 5.88. The molecule has 1 N–H and O–H groups in total. The number of piperidine rings is 1. The fourth-order valence-corrected chi connectivity index (χ4v) is 3.72. The van der Waals surface area contributed by atoms with Gasteiger partial charge in [0, 0.05) is 50.0 Å². The minimum absolute atomic E-state index is 0.539. The third-order valence-electron chi connectivity index (χ3n) is 4.80. The Morgan fingerprint density at radius 1 is 1.19 bits per heavy atom. The smallest absolute Gasteiger partial charge is 0.133 e. The van der Waals surface area contributed by atoms with E-state index in [-0.39, 0.29) is 0 Å². The monoisotopic (exact) mass is 288 g/mol. The number of rotatable bonds is 3. The van der Waals surface area contributed by atoms with E-state index < -0.39 is 0 Å². The fourth-order valence-electron chi connectivity index (χ4n) is 3.72. The van der Waals surface area contributed by atoms with Crippen LogP contribution in [0.2, 0.25) is 0 Å². The Bertz CT molecular complexity index is 454. The van der Waals surface area contributed by atoms with Gasteiger partial charge in [0.2, 0.25) is 0 Å². The highest BCUT2D eigenvalue weighted by atomic mass is 15.2. The molecule has 0 saturated carbocycles. The first kappa shape index (κ1) is 14.8. The zero-order chi connectivity index (χ0) is 14.7. The van der Waals surface area contributed by atoms with Crippen LogP contribution in [0.15, 0.2) is 18.3 Å². The van der Waals surface area contributed by atoms with Crippen molar-refractivity contribution in [1.29, 1.82) is 0 Å². The quantitative estimate of drug-likeness (QED) is 0.925. The molecule has 2 aliphatic rings. The van der Waals surface area contributed by atoms with Crippen LogP contribution in [0.4, 0.5) is 5.82 Å². The molecule has 0 spiro atoms. The molecule has 0 unspecified atom stereocenters. The molecular formula is C17H28N4. The number of aromatic nitrogens is 1. The molecule has 4 nitrogen and oxygen atoms in total. The maximum Gasteiger partial charge on any atom is 0.133 e. The SMILES string of the molecule is CC(C)N1CCCC[C@@H]1c1cccnc1N1CCNCC1. The van der Waals surface area contributed by atoms with E-state index >= 15 is 0 Å². The Morgan fingerprint density at radius 2 is 2.00 bits per heavy atom. The Hall–Kier alpha value is -1.13. The van der Waals surface area contributed by atoms with Crippen molar-refractivity contribution in [3.05, 3.63) is 23.9 Å². The summed E-state index contributed by atoms with van der Waals surface area (Å²) in [4.78, 5) is 9.86. The minimum atomic E-state index is 0.539. The van der Waals surface area contributed by atoms with Crippen LogP contribution in [0.25, 0.3) is 0 Å². The Labute approximate surface area is 128 Å². The zero-order valence-corrected chi connectivity index (χ0v) is 13.4. The summed E-state index contributed by atoms with van der Waals surface area (Å²) in [5.74, 6) is 1.22. The Balaban J connectivity index is 1.89. The largest absolute Gasteiger partial charge is 0.354 e. The van der Waals surface area contributed by atoms with Crippen molar-refractivity contribution in [1.82, 2.24) is 15.2 Å². The second kappa shape index (κ2) is 6.75. The zero-order valence-electron chi connectivity index (χ0n) is 13.4. The maximum atomic E-state index is 4.74. The van der Waals surface area contributed by atoms with Crippen LogP contribution in [-0.2, 0) is 0 Å². The van der Waals surface area contributed by atoms with E-state index in [1.807, 2.05) is 6.20 Å².